The third kappa shape index (κ3) is 6.02. The molecule has 0 radical (unpaired) electrons. The van der Waals surface area contributed by atoms with E-state index in [2.05, 4.69) is 0 Å². The highest BCUT2D eigenvalue weighted by molar-refractivity contribution is 7.85. The van der Waals surface area contributed by atoms with Crippen LogP contribution in [-0.4, -0.2) is 75.3 Å². The number of likely N-dealkylation sites (tertiary alicyclic amines) is 2. The summed E-state index contributed by atoms with van der Waals surface area (Å²) in [6.45, 7) is 1.13. The van der Waals surface area contributed by atoms with E-state index in [9.17, 15) is 18.9 Å². The maximum atomic E-state index is 13.5. The fourth-order valence-corrected chi connectivity index (χ4v) is 5.96. The Morgan fingerprint density at radius 3 is 2.43 bits per heavy atom. The Hall–Kier alpha value is -2.91. The van der Waals surface area contributed by atoms with Gasteiger partial charge in [0.1, 0.15) is 18.4 Å². The fraction of sp³-hybridized carbons (Fsp3) is 0.462. The van der Waals surface area contributed by atoms with Gasteiger partial charge in [-0.1, -0.05) is 30.3 Å². The van der Waals surface area contributed by atoms with Gasteiger partial charge in [-0.25, -0.2) is 4.79 Å². The van der Waals surface area contributed by atoms with Crippen LogP contribution in [0.3, 0.4) is 0 Å². The lowest BCUT2D eigenvalue weighted by molar-refractivity contribution is -0.138. The van der Waals surface area contributed by atoms with Gasteiger partial charge in [-0.05, 0) is 55.5 Å². The lowest BCUT2D eigenvalue weighted by atomic mass is 10.1. The minimum Gasteiger partial charge on any atom is -0.497 e. The molecular formula is C26H32N2O6S. The standard InChI is InChI=1S/C26H32N2O6S/c1-33-20-11-13-21(14-12-20)35(32)18-24(29)22-9-5-15-27(22)25(30)23-10-6-16-28(23)26(31)34-17-19-7-3-2-4-8-19/h2-4,7-8,11-14,22-24,29H,5-6,9-10,15-18H2,1H3/t22-,23-,24?,35+/m0/s1. The molecule has 2 saturated heterocycles. The quantitative estimate of drug-likeness (QED) is 0.599. The second-order valence-electron chi connectivity index (χ2n) is 8.89. The number of methoxy groups -OCH3 is 1. The lowest BCUT2D eigenvalue weighted by Gasteiger charge is -2.33. The Morgan fingerprint density at radius 1 is 1.03 bits per heavy atom. The molecule has 8 nitrogen and oxygen atoms in total. The van der Waals surface area contributed by atoms with Crippen molar-refractivity contribution in [2.75, 3.05) is 26.0 Å². The number of hydrogen-bond donors (Lipinski definition) is 1. The summed E-state index contributed by atoms with van der Waals surface area (Å²) in [5.41, 5.74) is 0.885. The molecule has 2 amide bonds. The number of amides is 2. The molecule has 2 aromatic rings. The first-order chi connectivity index (χ1) is 17.0. The predicted molar refractivity (Wildman–Crippen MR) is 131 cm³/mol. The van der Waals surface area contributed by atoms with Crippen LogP contribution in [0.2, 0.25) is 0 Å². The van der Waals surface area contributed by atoms with E-state index in [0.29, 0.717) is 36.6 Å². The number of aliphatic hydroxyl groups is 1. The maximum absolute atomic E-state index is 13.5. The fourth-order valence-electron chi connectivity index (χ4n) is 4.79. The van der Waals surface area contributed by atoms with Crippen LogP contribution in [0, 0.1) is 0 Å². The van der Waals surface area contributed by atoms with E-state index in [1.165, 1.54) is 4.90 Å². The first kappa shape index (κ1) is 25.2. The van der Waals surface area contributed by atoms with Crippen LogP contribution in [0.25, 0.3) is 0 Å². The third-order valence-corrected chi connectivity index (χ3v) is 8.09. The average molecular weight is 501 g/mol. The van der Waals surface area contributed by atoms with Gasteiger partial charge < -0.3 is 19.5 Å². The first-order valence-electron chi connectivity index (χ1n) is 12.0. The largest absolute Gasteiger partial charge is 0.497 e. The SMILES string of the molecule is COc1ccc([S@](=O)CC(O)[C@@H]2CCCN2C(=O)[C@@H]2CCCN2C(=O)OCc2ccccc2)cc1. The second kappa shape index (κ2) is 11.7. The topological polar surface area (TPSA) is 96.4 Å². The van der Waals surface area contributed by atoms with Crippen molar-refractivity contribution in [3.8, 4) is 5.75 Å². The normalized spacial score (nSPS) is 21.5. The van der Waals surface area contributed by atoms with E-state index in [4.69, 9.17) is 9.47 Å². The molecule has 0 aromatic heterocycles. The maximum Gasteiger partial charge on any atom is 0.410 e. The van der Waals surface area contributed by atoms with Crippen molar-refractivity contribution in [2.45, 2.75) is 55.4 Å². The zero-order chi connectivity index (χ0) is 24.8. The molecule has 0 bridgehead atoms. The van der Waals surface area contributed by atoms with E-state index in [1.807, 2.05) is 30.3 Å². The minimum atomic E-state index is -1.41. The van der Waals surface area contributed by atoms with Gasteiger partial charge in [-0.2, -0.15) is 0 Å². The lowest BCUT2D eigenvalue weighted by Crippen LogP contribution is -2.52. The second-order valence-corrected chi connectivity index (χ2v) is 10.4. The van der Waals surface area contributed by atoms with Crippen LogP contribution in [-0.2, 0) is 26.9 Å². The van der Waals surface area contributed by atoms with E-state index in [-0.39, 0.29) is 18.3 Å². The number of aliphatic hydroxyl groups excluding tert-OH is 1. The van der Waals surface area contributed by atoms with E-state index >= 15 is 0 Å². The number of carbonyl (C=O) groups excluding carboxylic acids is 2. The summed E-state index contributed by atoms with van der Waals surface area (Å²) in [5.74, 6) is 0.534. The Balaban J connectivity index is 1.36. The molecule has 188 valence electrons. The molecule has 2 aliphatic rings. The summed E-state index contributed by atoms with van der Waals surface area (Å²) >= 11 is 0. The zero-order valence-corrected chi connectivity index (χ0v) is 20.7. The van der Waals surface area contributed by atoms with Crippen molar-refractivity contribution in [3.63, 3.8) is 0 Å². The first-order valence-corrected chi connectivity index (χ1v) is 13.3. The summed E-state index contributed by atoms with van der Waals surface area (Å²) in [6.07, 6.45) is 1.26. The van der Waals surface area contributed by atoms with Crippen LogP contribution in [0.15, 0.2) is 59.5 Å². The predicted octanol–water partition coefficient (Wildman–Crippen LogP) is 2.96. The average Bonchev–Trinajstić information content (AvgIpc) is 3.58. The molecule has 35 heavy (non-hydrogen) atoms. The van der Waals surface area contributed by atoms with E-state index in [0.717, 1.165) is 18.4 Å². The molecule has 1 unspecified atom stereocenters. The smallest absolute Gasteiger partial charge is 0.410 e. The molecule has 9 heteroatoms. The van der Waals surface area contributed by atoms with Gasteiger partial charge in [-0.15, -0.1) is 0 Å². The van der Waals surface area contributed by atoms with Crippen molar-refractivity contribution >= 4 is 22.8 Å². The molecule has 2 aliphatic heterocycles. The Morgan fingerprint density at radius 2 is 1.71 bits per heavy atom. The number of nitrogens with zero attached hydrogens (tertiary/aromatic N) is 2. The minimum absolute atomic E-state index is 0.0360. The van der Waals surface area contributed by atoms with Crippen LogP contribution >= 0.6 is 0 Å². The van der Waals surface area contributed by atoms with Crippen LogP contribution in [0.5, 0.6) is 5.75 Å². The molecule has 0 spiro atoms. The summed E-state index contributed by atoms with van der Waals surface area (Å²) in [4.78, 5) is 30.0. The Labute approximate surface area is 208 Å². The van der Waals surface area contributed by atoms with Gasteiger partial charge in [0.05, 0.1) is 35.8 Å². The van der Waals surface area contributed by atoms with Crippen molar-refractivity contribution in [3.05, 3.63) is 60.2 Å². The molecule has 1 N–H and O–H groups in total. The van der Waals surface area contributed by atoms with Crippen molar-refractivity contribution in [1.29, 1.82) is 0 Å². The highest BCUT2D eigenvalue weighted by Gasteiger charge is 2.42. The highest BCUT2D eigenvalue weighted by atomic mass is 32.2. The molecule has 2 fully saturated rings. The van der Waals surface area contributed by atoms with Crippen molar-refractivity contribution < 1.29 is 28.4 Å². The summed E-state index contributed by atoms with van der Waals surface area (Å²) in [6, 6.07) is 15.3. The zero-order valence-electron chi connectivity index (χ0n) is 19.9. The number of benzene rings is 2. The Kier molecular flexibility index (Phi) is 8.41. The van der Waals surface area contributed by atoms with Crippen molar-refractivity contribution in [2.24, 2.45) is 0 Å². The molecular weight excluding hydrogens is 468 g/mol. The van der Waals surface area contributed by atoms with E-state index in [1.54, 1.807) is 36.3 Å². The number of carbonyl (C=O) groups is 2. The van der Waals surface area contributed by atoms with Gasteiger partial charge in [0.25, 0.3) is 0 Å². The summed E-state index contributed by atoms with van der Waals surface area (Å²) < 4.78 is 23.4. The molecule has 2 heterocycles. The number of ether oxygens (including phenoxy) is 2. The van der Waals surface area contributed by atoms with Crippen LogP contribution in [0.1, 0.15) is 31.2 Å². The molecule has 4 atom stereocenters. The number of rotatable bonds is 8. The highest BCUT2D eigenvalue weighted by Crippen LogP contribution is 2.28. The molecule has 4 rings (SSSR count). The van der Waals surface area contributed by atoms with Crippen LogP contribution < -0.4 is 4.74 Å². The summed E-state index contributed by atoms with van der Waals surface area (Å²) in [7, 11) is 0.152. The van der Waals surface area contributed by atoms with Crippen LogP contribution in [0.4, 0.5) is 4.79 Å². The van der Waals surface area contributed by atoms with Gasteiger partial charge in [0.15, 0.2) is 0 Å². The third-order valence-electron chi connectivity index (χ3n) is 6.65. The van der Waals surface area contributed by atoms with Gasteiger partial charge in [0, 0.05) is 18.0 Å². The molecule has 0 aliphatic carbocycles. The Bertz CT molecular complexity index is 1030. The van der Waals surface area contributed by atoms with E-state index < -0.39 is 35.1 Å². The molecule has 2 aromatic carbocycles. The van der Waals surface area contributed by atoms with Gasteiger partial charge in [0.2, 0.25) is 5.91 Å². The van der Waals surface area contributed by atoms with Crippen molar-refractivity contribution in [1.82, 2.24) is 9.80 Å². The van der Waals surface area contributed by atoms with Gasteiger partial charge in [-0.3, -0.25) is 13.9 Å². The molecule has 0 saturated carbocycles. The summed E-state index contributed by atoms with van der Waals surface area (Å²) in [5, 5.41) is 10.9. The van der Waals surface area contributed by atoms with Gasteiger partial charge >= 0.3 is 6.09 Å². The number of hydrogen-bond acceptors (Lipinski definition) is 6. The monoisotopic (exact) mass is 500 g/mol.